The van der Waals surface area contributed by atoms with Crippen LogP contribution in [-0.2, 0) is 40.9 Å². The van der Waals surface area contributed by atoms with E-state index >= 15 is 0 Å². The van der Waals surface area contributed by atoms with E-state index < -0.39 is 12.1 Å². The maximum Gasteiger partial charge on any atom is 0.408 e. The second kappa shape index (κ2) is 16.4. The molecule has 4 rings (SSSR count). The number of benzene rings is 2. The molecular weight excluding hydrogens is 598 g/mol. The molecule has 2 aromatic heterocycles. The first-order valence-electron chi connectivity index (χ1n) is 15.7. The molecule has 0 saturated heterocycles. The van der Waals surface area contributed by atoms with Crippen molar-refractivity contribution in [2.24, 2.45) is 13.0 Å². The number of amides is 2. The normalized spacial score (nSPS) is 12.0. The highest BCUT2D eigenvalue weighted by molar-refractivity contribution is 5.89. The van der Waals surface area contributed by atoms with Gasteiger partial charge in [0.15, 0.2) is 5.78 Å². The van der Waals surface area contributed by atoms with Crippen molar-refractivity contribution in [2.45, 2.75) is 52.3 Å². The van der Waals surface area contributed by atoms with Gasteiger partial charge in [0.25, 0.3) is 5.56 Å². The fourth-order valence-corrected chi connectivity index (χ4v) is 4.92. The first kappa shape index (κ1) is 34.7. The number of allylic oxidation sites excluding steroid dienone is 1. The van der Waals surface area contributed by atoms with Gasteiger partial charge in [-0.2, -0.15) is 0 Å². The molecule has 11 nitrogen and oxygen atoms in total. The van der Waals surface area contributed by atoms with E-state index in [2.05, 4.69) is 19.2 Å². The Morgan fingerprint density at radius 2 is 1.79 bits per heavy atom. The highest BCUT2D eigenvalue weighted by atomic mass is 16.5. The molecule has 0 radical (unpaired) electrons. The number of pyridine rings is 1. The molecule has 0 saturated carbocycles. The number of aryl methyl sites for hydroxylation is 1. The molecule has 0 aliphatic heterocycles. The van der Waals surface area contributed by atoms with E-state index in [0.717, 1.165) is 22.3 Å². The zero-order valence-corrected chi connectivity index (χ0v) is 27.6. The lowest BCUT2D eigenvalue weighted by molar-refractivity contribution is -0.123. The van der Waals surface area contributed by atoms with Crippen LogP contribution >= 0.6 is 0 Å². The van der Waals surface area contributed by atoms with E-state index in [9.17, 15) is 19.2 Å². The molecule has 2 amide bonds. The predicted octanol–water partition coefficient (Wildman–Crippen LogP) is 4.65. The number of imidazole rings is 1. The van der Waals surface area contributed by atoms with Gasteiger partial charge in [0.05, 0.1) is 24.7 Å². The topological polar surface area (TPSA) is 125 Å². The minimum absolute atomic E-state index is 0.0434. The Morgan fingerprint density at radius 1 is 1.02 bits per heavy atom. The number of nitrogens with zero attached hydrogens (tertiary/aromatic N) is 4. The van der Waals surface area contributed by atoms with Crippen LogP contribution in [0.5, 0.6) is 5.75 Å². The zero-order valence-electron chi connectivity index (χ0n) is 27.6. The Labute approximate surface area is 274 Å². The molecule has 1 N–H and O–H groups in total. The van der Waals surface area contributed by atoms with Gasteiger partial charge in [-0.1, -0.05) is 62.4 Å². The highest BCUT2D eigenvalue weighted by Gasteiger charge is 2.23. The summed E-state index contributed by atoms with van der Waals surface area (Å²) in [5, 5.41) is 2.66. The maximum absolute atomic E-state index is 13.6. The summed E-state index contributed by atoms with van der Waals surface area (Å²) < 4.78 is 14.8. The molecule has 2 heterocycles. The number of carbonyl (C=O) groups excluding carboxylic acids is 3. The van der Waals surface area contributed by atoms with Gasteiger partial charge in [-0.3, -0.25) is 14.4 Å². The summed E-state index contributed by atoms with van der Waals surface area (Å²) in [6.45, 7) is 4.97. The molecule has 2 aromatic carbocycles. The van der Waals surface area contributed by atoms with Crippen LogP contribution in [0.4, 0.5) is 4.79 Å². The molecule has 11 heteroatoms. The highest BCUT2D eigenvalue weighted by Crippen LogP contribution is 2.26. The zero-order chi connectivity index (χ0) is 33.9. The SMILES string of the molecule is CC(C)COc1cccc2nc(Cn3cccc(CC(=O)[C@H](CC/C=C/C(=O)N(C)C)NC(=O)OCc4ccccc4)c3=O)n(C)c12. The van der Waals surface area contributed by atoms with Crippen molar-refractivity contribution in [3.63, 3.8) is 0 Å². The number of likely N-dealkylation sites (N-methyl/N-ethyl adjacent to an activating group) is 1. The molecule has 0 bridgehead atoms. The third-order valence-electron chi connectivity index (χ3n) is 7.51. The number of carbonyl (C=O) groups is 3. The molecule has 0 unspecified atom stereocenters. The number of fused-ring (bicyclic) bond motifs is 1. The van der Waals surface area contributed by atoms with Gasteiger partial charge in [-0.15, -0.1) is 0 Å². The summed E-state index contributed by atoms with van der Waals surface area (Å²) in [6, 6.07) is 17.3. The molecule has 0 fully saturated rings. The summed E-state index contributed by atoms with van der Waals surface area (Å²) >= 11 is 0. The molecule has 47 heavy (non-hydrogen) atoms. The number of nitrogens with one attached hydrogen (secondary N) is 1. The summed E-state index contributed by atoms with van der Waals surface area (Å²) in [6.07, 6.45) is 4.37. The Hall–Kier alpha value is -5.19. The van der Waals surface area contributed by atoms with Crippen LogP contribution in [0.25, 0.3) is 11.0 Å². The van der Waals surface area contributed by atoms with Crippen LogP contribution in [0.1, 0.15) is 43.6 Å². The smallest absolute Gasteiger partial charge is 0.408 e. The van der Waals surface area contributed by atoms with Crippen molar-refractivity contribution in [1.29, 1.82) is 0 Å². The Balaban J connectivity index is 1.49. The standard InChI is InChI=1S/C36H43N5O6/c1-25(2)23-46-31-18-11-17-29-34(31)40(5)32(37-29)22-41-20-12-15-27(35(41)44)21-30(42)28(16-9-10-19-33(43)39(3)4)38-36(45)47-24-26-13-7-6-8-14-26/h6-8,10-15,17-20,25,28H,9,16,21-24H2,1-5H3,(H,38,45)/b19-10+/t28-/m0/s1. The van der Waals surface area contributed by atoms with E-state index in [4.69, 9.17) is 14.5 Å². The van der Waals surface area contributed by atoms with Gasteiger partial charge in [-0.05, 0) is 48.6 Å². The van der Waals surface area contributed by atoms with Gasteiger partial charge >= 0.3 is 6.09 Å². The number of aromatic nitrogens is 3. The Bertz CT molecular complexity index is 1770. The lowest BCUT2D eigenvalue weighted by atomic mass is 10.0. The minimum Gasteiger partial charge on any atom is -0.491 e. The first-order chi connectivity index (χ1) is 22.5. The van der Waals surface area contributed by atoms with Crippen molar-refractivity contribution in [2.75, 3.05) is 20.7 Å². The van der Waals surface area contributed by atoms with Crippen molar-refractivity contribution in [1.82, 2.24) is 24.3 Å². The van der Waals surface area contributed by atoms with E-state index in [0.29, 0.717) is 30.3 Å². The number of ketones is 1. The second-order valence-corrected chi connectivity index (χ2v) is 12.0. The average molecular weight is 642 g/mol. The van der Waals surface area contributed by atoms with Crippen molar-refractivity contribution in [3.8, 4) is 5.75 Å². The minimum atomic E-state index is -0.936. The predicted molar refractivity (Wildman–Crippen MR) is 180 cm³/mol. The van der Waals surface area contributed by atoms with Gasteiger partial charge < -0.3 is 28.8 Å². The Morgan fingerprint density at radius 3 is 2.51 bits per heavy atom. The van der Waals surface area contributed by atoms with E-state index in [1.165, 1.54) is 15.5 Å². The number of rotatable bonds is 15. The summed E-state index contributed by atoms with van der Waals surface area (Å²) in [7, 11) is 5.18. The van der Waals surface area contributed by atoms with Crippen molar-refractivity contribution < 1.29 is 23.9 Å². The molecule has 1 atom stereocenters. The molecule has 0 spiro atoms. The lowest BCUT2D eigenvalue weighted by Crippen LogP contribution is -2.42. The van der Waals surface area contributed by atoms with Crippen molar-refractivity contribution >= 4 is 28.8 Å². The van der Waals surface area contributed by atoms with Gasteiger partial charge in [0, 0.05) is 39.3 Å². The summed E-state index contributed by atoms with van der Waals surface area (Å²) in [5.74, 6) is 1.21. The largest absolute Gasteiger partial charge is 0.491 e. The second-order valence-electron chi connectivity index (χ2n) is 12.0. The number of ether oxygens (including phenoxy) is 2. The summed E-state index contributed by atoms with van der Waals surface area (Å²) in [4.78, 5) is 57.9. The number of Topliss-reactive ketones (excluding diaryl/α,β-unsaturated/α-hetero) is 1. The fraction of sp³-hybridized carbons (Fsp3) is 0.361. The van der Waals surface area contributed by atoms with Crippen LogP contribution in [-0.4, -0.2) is 63.5 Å². The van der Waals surface area contributed by atoms with Gasteiger partial charge in [-0.25, -0.2) is 9.78 Å². The number of alkyl carbamates (subject to hydrolysis) is 1. The van der Waals surface area contributed by atoms with Crippen LogP contribution in [0, 0.1) is 5.92 Å². The third-order valence-corrected chi connectivity index (χ3v) is 7.51. The number of hydrogen-bond acceptors (Lipinski definition) is 7. The third kappa shape index (κ3) is 9.65. The quantitative estimate of drug-likeness (QED) is 0.188. The van der Waals surface area contributed by atoms with Crippen LogP contribution in [0.15, 0.2) is 83.8 Å². The number of para-hydroxylation sites is 1. The first-order valence-corrected chi connectivity index (χ1v) is 15.7. The monoisotopic (exact) mass is 641 g/mol. The lowest BCUT2D eigenvalue weighted by Gasteiger charge is -2.17. The van der Waals surface area contributed by atoms with Crippen molar-refractivity contribution in [3.05, 3.63) is 106 Å². The molecule has 248 valence electrons. The van der Waals surface area contributed by atoms with Gasteiger partial charge in [0.2, 0.25) is 5.91 Å². The van der Waals surface area contributed by atoms with Crippen LogP contribution in [0.3, 0.4) is 0 Å². The van der Waals surface area contributed by atoms with Crippen LogP contribution < -0.4 is 15.6 Å². The van der Waals surface area contributed by atoms with Gasteiger partial charge in [0.1, 0.15) is 23.7 Å². The fourth-order valence-electron chi connectivity index (χ4n) is 4.92. The summed E-state index contributed by atoms with van der Waals surface area (Å²) in [5.41, 5.74) is 2.38. The number of hydrogen-bond donors (Lipinski definition) is 1. The average Bonchev–Trinajstić information content (AvgIpc) is 3.37. The van der Waals surface area contributed by atoms with E-state index in [-0.39, 0.29) is 43.2 Å². The van der Waals surface area contributed by atoms with E-state index in [1.807, 2.05) is 60.1 Å². The maximum atomic E-state index is 13.6. The molecule has 0 aliphatic rings. The Kier molecular flexibility index (Phi) is 12.1. The van der Waals surface area contributed by atoms with E-state index in [1.54, 1.807) is 38.5 Å². The molecular formula is C36H43N5O6. The molecule has 0 aliphatic carbocycles. The molecule has 4 aromatic rings. The van der Waals surface area contributed by atoms with Crippen LogP contribution in [0.2, 0.25) is 0 Å².